The Hall–Kier alpha value is -0.630. The van der Waals surface area contributed by atoms with E-state index in [9.17, 15) is 9.90 Å². The maximum atomic E-state index is 11.4. The number of carbonyl (C=O) groups excluding carboxylic acids is 1. The van der Waals surface area contributed by atoms with E-state index in [2.05, 4.69) is 6.08 Å². The molecule has 3 fully saturated rings. The number of ketones is 1. The molecule has 4 aliphatic carbocycles. The Kier molecular flexibility index (Phi) is 1.75. The highest BCUT2D eigenvalue weighted by Crippen LogP contribution is 2.60. The summed E-state index contributed by atoms with van der Waals surface area (Å²) in [7, 11) is 0. The van der Waals surface area contributed by atoms with Crippen LogP contribution in [0, 0.1) is 17.3 Å². The monoisotopic (exact) mass is 206 g/mol. The van der Waals surface area contributed by atoms with E-state index in [4.69, 9.17) is 0 Å². The van der Waals surface area contributed by atoms with Crippen molar-refractivity contribution >= 4 is 5.78 Å². The minimum atomic E-state index is -0.501. The van der Waals surface area contributed by atoms with Gasteiger partial charge in [-0.1, -0.05) is 6.08 Å². The van der Waals surface area contributed by atoms with Crippen LogP contribution in [0.4, 0.5) is 0 Å². The average molecular weight is 206 g/mol. The topological polar surface area (TPSA) is 37.3 Å². The van der Waals surface area contributed by atoms with Crippen molar-refractivity contribution in [2.24, 2.45) is 17.3 Å². The van der Waals surface area contributed by atoms with Crippen LogP contribution in [0.2, 0.25) is 0 Å². The van der Waals surface area contributed by atoms with Crippen LogP contribution >= 0.6 is 0 Å². The third-order valence-corrected chi connectivity index (χ3v) is 4.96. The molecule has 1 N–H and O–H groups in total. The highest BCUT2D eigenvalue weighted by Gasteiger charge is 2.56. The summed E-state index contributed by atoms with van der Waals surface area (Å²) in [6.07, 6.45) is 8.77. The second-order valence-electron chi connectivity index (χ2n) is 5.94. The van der Waals surface area contributed by atoms with Crippen molar-refractivity contribution in [2.45, 2.75) is 44.6 Å². The van der Waals surface area contributed by atoms with E-state index >= 15 is 0 Å². The predicted octanol–water partition coefficient (Wildman–Crippen LogP) is 2.07. The summed E-state index contributed by atoms with van der Waals surface area (Å²) in [6, 6.07) is 0. The zero-order chi connectivity index (χ0) is 10.7. The molecule has 0 saturated heterocycles. The Labute approximate surface area is 90.4 Å². The summed E-state index contributed by atoms with van der Waals surface area (Å²) in [4.78, 5) is 11.4. The van der Waals surface area contributed by atoms with Gasteiger partial charge in [-0.25, -0.2) is 0 Å². The van der Waals surface area contributed by atoms with Gasteiger partial charge in [-0.2, -0.15) is 0 Å². The van der Waals surface area contributed by atoms with E-state index in [1.807, 2.05) is 6.92 Å². The first-order valence-electron chi connectivity index (χ1n) is 5.96. The molecule has 4 atom stereocenters. The van der Waals surface area contributed by atoms with E-state index in [0.717, 1.165) is 19.3 Å². The van der Waals surface area contributed by atoms with Gasteiger partial charge in [0.05, 0.1) is 5.60 Å². The molecule has 2 heteroatoms. The molecule has 15 heavy (non-hydrogen) atoms. The molecule has 82 valence electrons. The van der Waals surface area contributed by atoms with Gasteiger partial charge >= 0.3 is 0 Å². The molecule has 4 aliphatic rings. The summed E-state index contributed by atoms with van der Waals surface area (Å²) in [5.41, 5.74) is -0.356. The van der Waals surface area contributed by atoms with Gasteiger partial charge in [-0.3, -0.25) is 4.79 Å². The molecule has 0 aromatic carbocycles. The van der Waals surface area contributed by atoms with Crippen molar-refractivity contribution in [1.29, 1.82) is 0 Å². The molecule has 4 unspecified atom stereocenters. The number of hydrogen-bond donors (Lipinski definition) is 1. The third kappa shape index (κ3) is 1.24. The van der Waals surface area contributed by atoms with Crippen LogP contribution in [0.15, 0.2) is 12.2 Å². The number of rotatable bonds is 0. The molecule has 3 saturated carbocycles. The Morgan fingerprint density at radius 2 is 2.27 bits per heavy atom. The fourth-order valence-electron chi connectivity index (χ4n) is 4.09. The number of aliphatic hydroxyl groups is 1. The van der Waals surface area contributed by atoms with E-state index in [1.54, 1.807) is 6.08 Å². The van der Waals surface area contributed by atoms with Crippen LogP contribution in [0.3, 0.4) is 0 Å². The quantitative estimate of drug-likeness (QED) is 0.659. The fraction of sp³-hybridized carbons (Fsp3) is 0.769. The van der Waals surface area contributed by atoms with Crippen LogP contribution in [0.1, 0.15) is 39.0 Å². The Morgan fingerprint density at radius 3 is 3.00 bits per heavy atom. The van der Waals surface area contributed by atoms with Gasteiger partial charge in [0.25, 0.3) is 0 Å². The first-order chi connectivity index (χ1) is 7.02. The lowest BCUT2D eigenvalue weighted by Crippen LogP contribution is -2.55. The first-order valence-corrected chi connectivity index (χ1v) is 5.96. The maximum Gasteiger partial charge on any atom is 0.155 e. The van der Waals surface area contributed by atoms with Gasteiger partial charge in [-0.05, 0) is 55.9 Å². The fourth-order valence-corrected chi connectivity index (χ4v) is 4.09. The van der Waals surface area contributed by atoms with Gasteiger partial charge in [0.1, 0.15) is 0 Å². The average Bonchev–Trinajstić information content (AvgIpc) is 2.16. The molecule has 0 aromatic heterocycles. The van der Waals surface area contributed by atoms with E-state index < -0.39 is 5.60 Å². The lowest BCUT2D eigenvalue weighted by atomic mass is 9.48. The third-order valence-electron chi connectivity index (χ3n) is 4.96. The van der Waals surface area contributed by atoms with E-state index in [1.165, 1.54) is 6.42 Å². The number of allylic oxidation sites excluding steroid dienone is 2. The normalized spacial score (nSPS) is 53.1. The number of fused-ring (bicyclic) bond motifs is 2. The van der Waals surface area contributed by atoms with Crippen LogP contribution in [0.25, 0.3) is 0 Å². The van der Waals surface area contributed by atoms with Crippen molar-refractivity contribution < 1.29 is 9.90 Å². The second kappa shape index (κ2) is 2.73. The molecule has 0 aliphatic heterocycles. The van der Waals surface area contributed by atoms with E-state index in [0.29, 0.717) is 18.3 Å². The largest absolute Gasteiger partial charge is 0.390 e. The zero-order valence-electron chi connectivity index (χ0n) is 9.20. The highest BCUT2D eigenvalue weighted by molar-refractivity contribution is 5.91. The van der Waals surface area contributed by atoms with Gasteiger partial charge in [0.15, 0.2) is 5.78 Å². The summed E-state index contributed by atoms with van der Waals surface area (Å²) >= 11 is 0. The lowest BCUT2D eigenvalue weighted by Gasteiger charge is -2.58. The molecule has 0 amide bonds. The summed E-state index contributed by atoms with van der Waals surface area (Å²) in [5.74, 6) is 1.20. The molecule has 0 radical (unpaired) electrons. The Morgan fingerprint density at radius 1 is 1.47 bits per heavy atom. The maximum absolute atomic E-state index is 11.4. The summed E-state index contributed by atoms with van der Waals surface area (Å²) < 4.78 is 0. The number of carbonyl (C=O) groups is 1. The summed E-state index contributed by atoms with van der Waals surface area (Å²) in [6.45, 7) is 1.97. The van der Waals surface area contributed by atoms with Crippen molar-refractivity contribution in [3.8, 4) is 0 Å². The smallest absolute Gasteiger partial charge is 0.155 e. The van der Waals surface area contributed by atoms with Gasteiger partial charge < -0.3 is 5.11 Å². The molecule has 2 bridgehead atoms. The Bertz CT molecular complexity index is 342. The van der Waals surface area contributed by atoms with Gasteiger partial charge in [0, 0.05) is 6.42 Å². The minimum absolute atomic E-state index is 0.145. The molecule has 2 nitrogen and oxygen atoms in total. The molecule has 4 rings (SSSR count). The molecule has 0 aromatic rings. The first kappa shape index (κ1) is 9.59. The van der Waals surface area contributed by atoms with Crippen LogP contribution in [-0.2, 0) is 4.79 Å². The standard InChI is InChI=1S/C13H18O2/c1-12(15)8-13-4-2-9(12)6-10(13)7-11(14)3-5-13/h3,5,9-10,15H,2,4,6-8H2,1H3. The van der Waals surface area contributed by atoms with Crippen molar-refractivity contribution in [2.75, 3.05) is 0 Å². The molecule has 0 heterocycles. The van der Waals surface area contributed by atoms with Crippen LogP contribution in [-0.4, -0.2) is 16.5 Å². The zero-order valence-corrected chi connectivity index (χ0v) is 9.20. The molecular formula is C13H18O2. The predicted molar refractivity (Wildman–Crippen MR) is 57.3 cm³/mol. The lowest BCUT2D eigenvalue weighted by molar-refractivity contribution is -0.144. The van der Waals surface area contributed by atoms with Crippen molar-refractivity contribution in [3.63, 3.8) is 0 Å². The molecular weight excluding hydrogens is 188 g/mol. The van der Waals surface area contributed by atoms with E-state index in [-0.39, 0.29) is 11.2 Å². The second-order valence-corrected chi connectivity index (χ2v) is 5.94. The van der Waals surface area contributed by atoms with Gasteiger partial charge in [0.2, 0.25) is 0 Å². The van der Waals surface area contributed by atoms with Crippen molar-refractivity contribution in [1.82, 2.24) is 0 Å². The number of hydrogen-bond acceptors (Lipinski definition) is 2. The highest BCUT2D eigenvalue weighted by atomic mass is 16.3. The summed E-state index contributed by atoms with van der Waals surface area (Å²) in [5, 5.41) is 10.3. The van der Waals surface area contributed by atoms with Crippen LogP contribution in [0.5, 0.6) is 0 Å². The van der Waals surface area contributed by atoms with Crippen LogP contribution < -0.4 is 0 Å². The Balaban J connectivity index is 2.00. The van der Waals surface area contributed by atoms with Crippen molar-refractivity contribution in [3.05, 3.63) is 12.2 Å². The SMILES string of the molecule is CC1(O)CC23C=CC(=O)CC2CC1CC3. The van der Waals surface area contributed by atoms with Gasteiger partial charge in [-0.15, -0.1) is 0 Å². The minimum Gasteiger partial charge on any atom is -0.390 e. The molecule has 1 spiro atoms.